The number of nitrogens with two attached hydrogens (primary N) is 1. The average Bonchev–Trinajstić information content (AvgIpc) is 3.61. The van der Waals surface area contributed by atoms with Crippen LogP contribution in [0, 0.1) is 0 Å². The number of carboxylic acids is 1. The highest BCUT2D eigenvalue weighted by Gasteiger charge is 2.31. The van der Waals surface area contributed by atoms with Gasteiger partial charge in [0.15, 0.2) is 23.0 Å². The zero-order valence-electron chi connectivity index (χ0n) is 41.9. The third kappa shape index (κ3) is 15.0. The van der Waals surface area contributed by atoms with Gasteiger partial charge in [-0.1, -0.05) is 12.1 Å². The Balaban J connectivity index is 0.000000262. The van der Waals surface area contributed by atoms with Crippen LogP contribution in [0.5, 0.6) is 46.0 Å². The SMILES string of the molecule is CB(O)NCC(=O)NCC(=O)O.COc1ccc2c(c1)[C@@H](N)CCc1cc(OC)c(OC)c(OC)c1-2.COc1ccc2c(c1)[C@@H](NC(=O)CNC(=O)CNB(C)O)CCc1cc(OC)c(OC)c(OC)c1-2. The van der Waals surface area contributed by atoms with Crippen LogP contribution in [0.1, 0.15) is 47.2 Å². The van der Waals surface area contributed by atoms with Crippen molar-refractivity contribution in [3.05, 3.63) is 70.8 Å². The first-order valence-electron chi connectivity index (χ1n) is 22.6. The Bertz CT molecular complexity index is 2480. The maximum absolute atomic E-state index is 12.7. The number of rotatable bonds is 19. The number of nitrogens with one attached hydrogen (secondary N) is 5. The fraction of sp³-hybridized carbons (Fsp3) is 0.417. The summed E-state index contributed by atoms with van der Waals surface area (Å²) in [5.41, 5.74) is 14.3. The second kappa shape index (κ2) is 27.5. The Morgan fingerprint density at radius 3 is 1.42 bits per heavy atom. The molecule has 0 bridgehead atoms. The maximum atomic E-state index is 12.7. The molecule has 384 valence electrons. The summed E-state index contributed by atoms with van der Waals surface area (Å²) in [5.74, 6) is 2.72. The van der Waals surface area contributed by atoms with E-state index in [0.717, 1.165) is 63.1 Å². The molecule has 3 amide bonds. The largest absolute Gasteiger partial charge is 0.497 e. The second-order valence-electron chi connectivity index (χ2n) is 16.1. The molecule has 2 aliphatic rings. The molecule has 6 rings (SSSR count). The number of carboxylic acid groups (broad SMARTS) is 1. The number of amides is 3. The summed E-state index contributed by atoms with van der Waals surface area (Å²) >= 11 is 0. The fourth-order valence-corrected chi connectivity index (χ4v) is 8.06. The van der Waals surface area contributed by atoms with Crippen molar-refractivity contribution in [2.75, 3.05) is 83.1 Å². The molecule has 0 saturated heterocycles. The predicted octanol–water partition coefficient (Wildman–Crippen LogP) is 2.53. The van der Waals surface area contributed by atoms with Gasteiger partial charge in [-0.2, -0.15) is 0 Å². The minimum Gasteiger partial charge on any atom is -0.497 e. The molecule has 0 radical (unpaired) electrons. The molecule has 0 heterocycles. The maximum Gasteiger partial charge on any atom is 0.374 e. The van der Waals surface area contributed by atoms with Gasteiger partial charge in [0.2, 0.25) is 29.2 Å². The Labute approximate surface area is 414 Å². The van der Waals surface area contributed by atoms with Gasteiger partial charge in [-0.05, 0) is 109 Å². The first kappa shape index (κ1) is 56.7. The molecule has 4 aromatic rings. The normalized spacial score (nSPS) is 13.8. The highest BCUT2D eigenvalue weighted by atomic mass is 16.5. The highest BCUT2D eigenvalue weighted by Crippen LogP contribution is 2.52. The van der Waals surface area contributed by atoms with Crippen molar-refractivity contribution in [1.82, 2.24) is 26.4 Å². The van der Waals surface area contributed by atoms with Gasteiger partial charge in [-0.3, -0.25) is 19.2 Å². The van der Waals surface area contributed by atoms with E-state index in [9.17, 15) is 24.2 Å². The predicted molar refractivity (Wildman–Crippen MR) is 268 cm³/mol. The molecule has 0 aromatic heterocycles. The van der Waals surface area contributed by atoms with Crippen LogP contribution in [0.25, 0.3) is 22.3 Å². The summed E-state index contributed by atoms with van der Waals surface area (Å²) in [5, 5.41) is 38.8. The number of carbonyl (C=O) groups is 4. The number of ether oxygens (including phenoxy) is 8. The number of aryl methyl sites for hydroxylation is 2. The molecule has 21 nitrogen and oxygen atoms in total. The van der Waals surface area contributed by atoms with Crippen LogP contribution in [-0.2, 0) is 32.0 Å². The molecule has 0 fully saturated rings. The summed E-state index contributed by atoms with van der Waals surface area (Å²) in [4.78, 5) is 45.3. The molecule has 10 N–H and O–H groups in total. The molecule has 0 saturated carbocycles. The van der Waals surface area contributed by atoms with Crippen molar-refractivity contribution in [2.24, 2.45) is 5.73 Å². The third-order valence-corrected chi connectivity index (χ3v) is 11.4. The summed E-state index contributed by atoms with van der Waals surface area (Å²) in [6.45, 7) is 2.20. The Morgan fingerprint density at radius 2 is 1.00 bits per heavy atom. The number of hydrogen-bond donors (Lipinski definition) is 9. The van der Waals surface area contributed by atoms with E-state index >= 15 is 0 Å². The Morgan fingerprint density at radius 1 is 0.563 bits per heavy atom. The quantitative estimate of drug-likeness (QED) is 0.0610. The lowest BCUT2D eigenvalue weighted by atomic mass is 9.89. The van der Waals surface area contributed by atoms with Crippen LogP contribution in [-0.4, -0.2) is 136 Å². The molecular weight excluding hydrogens is 922 g/mol. The lowest BCUT2D eigenvalue weighted by molar-refractivity contribution is -0.137. The van der Waals surface area contributed by atoms with E-state index in [1.165, 1.54) is 13.6 Å². The first-order valence-corrected chi connectivity index (χ1v) is 22.6. The van der Waals surface area contributed by atoms with Gasteiger partial charge in [0.1, 0.15) is 18.0 Å². The molecule has 4 aromatic carbocycles. The topological polar surface area (TPSA) is 289 Å². The minimum absolute atomic E-state index is 0.0656. The van der Waals surface area contributed by atoms with Crippen LogP contribution >= 0.6 is 0 Å². The molecule has 23 heteroatoms. The summed E-state index contributed by atoms with van der Waals surface area (Å²) in [7, 11) is 11.3. The van der Waals surface area contributed by atoms with Gasteiger partial charge in [-0.15, -0.1) is 0 Å². The summed E-state index contributed by atoms with van der Waals surface area (Å²) in [6.07, 6.45) is 2.92. The highest BCUT2D eigenvalue weighted by molar-refractivity contribution is 6.46. The monoisotopic (exact) mass is 988 g/mol. The second-order valence-corrected chi connectivity index (χ2v) is 16.1. The van der Waals surface area contributed by atoms with Crippen molar-refractivity contribution in [2.45, 2.75) is 51.4 Å². The number of fused-ring (bicyclic) bond motifs is 6. The van der Waals surface area contributed by atoms with Gasteiger partial charge in [0, 0.05) is 17.2 Å². The van der Waals surface area contributed by atoms with Crippen molar-refractivity contribution < 1.29 is 72.2 Å². The van der Waals surface area contributed by atoms with Gasteiger partial charge >= 0.3 is 20.1 Å². The van der Waals surface area contributed by atoms with Crippen LogP contribution in [0.3, 0.4) is 0 Å². The van der Waals surface area contributed by atoms with E-state index in [1.54, 1.807) is 56.9 Å². The number of methoxy groups -OCH3 is 8. The number of carbonyl (C=O) groups excluding carboxylic acids is 3. The number of aliphatic carboxylic acids is 1. The third-order valence-electron chi connectivity index (χ3n) is 11.4. The fourth-order valence-electron chi connectivity index (χ4n) is 8.06. The van der Waals surface area contributed by atoms with Crippen LogP contribution in [0.4, 0.5) is 0 Å². The van der Waals surface area contributed by atoms with Crippen LogP contribution < -0.4 is 70.0 Å². The van der Waals surface area contributed by atoms with Crippen LogP contribution in [0.2, 0.25) is 13.6 Å². The van der Waals surface area contributed by atoms with E-state index in [1.807, 2.05) is 48.5 Å². The molecule has 2 aliphatic carbocycles. The molecule has 2 atom stereocenters. The standard InChI is InChI=1S/C24H32BN3O7.C19H23NO4.C5H11BN2O4/c1-25(31)27-13-20(29)26-12-21(30)28-18-9-6-14-10-19(33-3)23(34-4)24(35-5)22(14)16-8-7-15(32-2)11-17(16)18;1-21-12-6-7-13-14(10-12)15(20)8-5-11-9-16(22-2)18(23-3)19(24-4)17(11)13;1-6(12)8-2-4(9)7-3-5(10)11/h7-8,10-11,18,27,31H,6,9,12-13H2,1-5H3,(H,26,29)(H,28,30);6-7,9-10,15H,5,8,20H2,1-4H3;8,12H,2-3H2,1H3,(H,7,9)(H,10,11)/t18-;15-;/m00./s1. The zero-order valence-corrected chi connectivity index (χ0v) is 41.9. The van der Waals surface area contributed by atoms with Crippen LogP contribution in [0.15, 0.2) is 48.5 Å². The van der Waals surface area contributed by atoms with Gasteiger partial charge < -0.3 is 85.2 Å². The molecular formula is C48H66B2N6O15. The Kier molecular flexibility index (Phi) is 21.9. The first-order chi connectivity index (χ1) is 34.0. The van der Waals surface area contributed by atoms with E-state index in [4.69, 9.17) is 53.8 Å². The lowest BCUT2D eigenvalue weighted by Gasteiger charge is -2.22. The van der Waals surface area contributed by atoms with E-state index in [0.29, 0.717) is 53.1 Å². The molecule has 71 heavy (non-hydrogen) atoms. The smallest absolute Gasteiger partial charge is 0.374 e. The van der Waals surface area contributed by atoms with E-state index < -0.39 is 32.5 Å². The number of hydrogen-bond acceptors (Lipinski definition) is 17. The van der Waals surface area contributed by atoms with Crippen molar-refractivity contribution >= 4 is 37.8 Å². The van der Waals surface area contributed by atoms with E-state index in [2.05, 4.69) is 26.4 Å². The average molecular weight is 989 g/mol. The zero-order chi connectivity index (χ0) is 52.4. The van der Waals surface area contributed by atoms with Gasteiger partial charge in [0.25, 0.3) is 0 Å². The van der Waals surface area contributed by atoms with Crippen molar-refractivity contribution in [1.29, 1.82) is 0 Å². The van der Waals surface area contributed by atoms with Gasteiger partial charge in [0.05, 0.1) is 82.6 Å². The number of benzene rings is 4. The summed E-state index contributed by atoms with van der Waals surface area (Å²) in [6, 6.07) is 15.2. The van der Waals surface area contributed by atoms with Gasteiger partial charge in [-0.25, -0.2) is 0 Å². The minimum atomic E-state index is -1.10. The molecule has 0 unspecified atom stereocenters. The van der Waals surface area contributed by atoms with Crippen molar-refractivity contribution in [3.63, 3.8) is 0 Å². The van der Waals surface area contributed by atoms with Crippen molar-refractivity contribution in [3.8, 4) is 68.2 Å². The Hall–Kier alpha value is -6.91. The molecule has 0 aliphatic heterocycles. The molecule has 0 spiro atoms. The summed E-state index contributed by atoms with van der Waals surface area (Å²) < 4.78 is 44.5. The van der Waals surface area contributed by atoms with E-state index in [-0.39, 0.29) is 43.5 Å². The lowest BCUT2D eigenvalue weighted by Crippen LogP contribution is -2.44.